The third-order valence-electron chi connectivity index (χ3n) is 5.16. The Kier molecular flexibility index (Phi) is 6.98. The molecule has 2 saturated heterocycles. The number of thiazole rings is 2. The first-order valence-corrected chi connectivity index (χ1v) is 11.9. The van der Waals surface area contributed by atoms with Gasteiger partial charge in [0.1, 0.15) is 6.54 Å². The maximum Gasteiger partial charge on any atom is 0.321 e. The van der Waals surface area contributed by atoms with Crippen LogP contribution in [0.1, 0.15) is 15.5 Å². The fourth-order valence-electron chi connectivity index (χ4n) is 3.40. The Morgan fingerprint density at radius 1 is 1.06 bits per heavy atom. The molecule has 11 nitrogen and oxygen atoms in total. The number of nitrogens with zero attached hydrogens (tertiary/aromatic N) is 5. The van der Waals surface area contributed by atoms with Gasteiger partial charge in [0, 0.05) is 31.6 Å². The number of primary amides is 1. The van der Waals surface area contributed by atoms with E-state index in [1.807, 2.05) is 0 Å². The number of carbonyl (C=O) groups is 3. The molecule has 2 aromatic heterocycles. The van der Waals surface area contributed by atoms with Crippen LogP contribution in [0.4, 0.5) is 9.93 Å². The first-order valence-electron chi connectivity index (χ1n) is 10.2. The normalized spacial score (nSPS) is 16.8. The molecule has 172 valence electrons. The van der Waals surface area contributed by atoms with Crippen molar-refractivity contribution in [1.29, 1.82) is 0 Å². The summed E-state index contributed by atoms with van der Waals surface area (Å²) in [6.07, 6.45) is 0. The molecule has 0 radical (unpaired) electrons. The number of rotatable bonds is 5. The number of carbonyl (C=O) groups excluding carboxylic acids is 3. The van der Waals surface area contributed by atoms with Gasteiger partial charge in [0.25, 0.3) is 5.91 Å². The molecule has 0 saturated carbocycles. The van der Waals surface area contributed by atoms with Gasteiger partial charge in [-0.05, 0) is 6.92 Å². The van der Waals surface area contributed by atoms with Gasteiger partial charge in [-0.3, -0.25) is 14.5 Å². The van der Waals surface area contributed by atoms with Crippen LogP contribution in [0.5, 0.6) is 0 Å². The van der Waals surface area contributed by atoms with Crippen LogP contribution in [0, 0.1) is 6.92 Å². The lowest BCUT2D eigenvalue weighted by molar-refractivity contribution is -0.133. The van der Waals surface area contributed by atoms with Crippen molar-refractivity contribution in [1.82, 2.24) is 19.8 Å². The molecule has 0 atom stereocenters. The summed E-state index contributed by atoms with van der Waals surface area (Å²) >= 11 is 2.48. The average Bonchev–Trinajstić information content (AvgIpc) is 3.44. The summed E-state index contributed by atoms with van der Waals surface area (Å²) in [7, 11) is 0. The minimum Gasteiger partial charge on any atom is -0.378 e. The molecule has 4 rings (SSSR count). The number of anilines is 1. The molecule has 2 aliphatic rings. The number of hydrogen-bond acceptors (Lipinski definition) is 9. The number of urea groups is 1. The summed E-state index contributed by atoms with van der Waals surface area (Å²) < 4.78 is 10.6. The molecule has 2 aromatic rings. The minimum absolute atomic E-state index is 0.123. The van der Waals surface area contributed by atoms with Crippen LogP contribution in [-0.4, -0.2) is 96.8 Å². The zero-order valence-electron chi connectivity index (χ0n) is 17.6. The van der Waals surface area contributed by atoms with Crippen LogP contribution in [0.3, 0.4) is 0 Å². The molecule has 2 fully saturated rings. The van der Waals surface area contributed by atoms with Crippen molar-refractivity contribution in [3.63, 3.8) is 0 Å². The third kappa shape index (κ3) is 4.90. The van der Waals surface area contributed by atoms with Gasteiger partial charge in [0.15, 0.2) is 10.1 Å². The highest BCUT2D eigenvalue weighted by molar-refractivity contribution is 7.19. The van der Waals surface area contributed by atoms with Gasteiger partial charge in [-0.1, -0.05) is 11.3 Å². The lowest BCUT2D eigenvalue weighted by atomic mass is 10.3. The number of aryl methyl sites for hydroxylation is 1. The topological polar surface area (TPSA) is 131 Å². The Hall–Kier alpha value is -2.61. The monoisotopic (exact) mass is 480 g/mol. The number of hydrogen-bond donors (Lipinski definition) is 1. The molecule has 2 N–H and O–H groups in total. The largest absolute Gasteiger partial charge is 0.378 e. The van der Waals surface area contributed by atoms with Crippen molar-refractivity contribution < 1.29 is 23.9 Å². The number of amides is 4. The van der Waals surface area contributed by atoms with Crippen molar-refractivity contribution in [2.24, 2.45) is 5.73 Å². The molecule has 0 aliphatic carbocycles. The molecule has 4 heterocycles. The molecule has 4 amide bonds. The standard InChI is InChI=1S/C19H24N6O5S2/c1-12-15(13-11-31-16(22-13)17(27)24-4-8-30-9-5-24)32-19(21-12)25(18(20)28)10-14(26)23-2-6-29-7-3-23/h11H,2-10H2,1H3,(H2,20,28). The molecule has 32 heavy (non-hydrogen) atoms. The molecule has 0 spiro atoms. The van der Waals surface area contributed by atoms with E-state index in [-0.39, 0.29) is 18.4 Å². The second-order valence-electron chi connectivity index (χ2n) is 7.27. The molecule has 0 bridgehead atoms. The SMILES string of the molecule is Cc1nc(N(CC(=O)N2CCOCC2)C(N)=O)sc1-c1csc(C(=O)N2CCOCC2)n1. The Balaban J connectivity index is 1.51. The van der Waals surface area contributed by atoms with Gasteiger partial charge < -0.3 is 25.0 Å². The van der Waals surface area contributed by atoms with Gasteiger partial charge in [0.05, 0.1) is 42.7 Å². The quantitative estimate of drug-likeness (QED) is 0.669. The van der Waals surface area contributed by atoms with Crippen LogP contribution in [0.2, 0.25) is 0 Å². The van der Waals surface area contributed by atoms with E-state index in [1.54, 1.807) is 22.1 Å². The van der Waals surface area contributed by atoms with Crippen LogP contribution in [0.15, 0.2) is 5.38 Å². The fraction of sp³-hybridized carbons (Fsp3) is 0.526. The maximum atomic E-state index is 12.7. The van der Waals surface area contributed by atoms with E-state index in [0.717, 1.165) is 4.88 Å². The van der Waals surface area contributed by atoms with Crippen LogP contribution in [-0.2, 0) is 14.3 Å². The molecule has 0 aromatic carbocycles. The minimum atomic E-state index is -0.756. The third-order valence-corrected chi connectivity index (χ3v) is 7.19. The van der Waals surface area contributed by atoms with Gasteiger partial charge >= 0.3 is 6.03 Å². The van der Waals surface area contributed by atoms with E-state index in [1.165, 1.54) is 27.6 Å². The van der Waals surface area contributed by atoms with Gasteiger partial charge in [0.2, 0.25) is 5.91 Å². The Morgan fingerprint density at radius 3 is 2.31 bits per heavy atom. The van der Waals surface area contributed by atoms with Crippen LogP contribution in [0.25, 0.3) is 10.6 Å². The molecule has 0 unspecified atom stereocenters. The van der Waals surface area contributed by atoms with E-state index in [2.05, 4.69) is 9.97 Å². The smallest absolute Gasteiger partial charge is 0.321 e. The second-order valence-corrected chi connectivity index (χ2v) is 9.11. The number of ether oxygens (including phenoxy) is 2. The number of nitrogens with two attached hydrogens (primary N) is 1. The first-order chi connectivity index (χ1) is 15.4. The summed E-state index contributed by atoms with van der Waals surface area (Å²) in [6, 6.07) is -0.756. The average molecular weight is 481 g/mol. The maximum absolute atomic E-state index is 12.7. The van der Waals surface area contributed by atoms with E-state index < -0.39 is 6.03 Å². The van der Waals surface area contributed by atoms with Crippen molar-refractivity contribution in [3.8, 4) is 10.6 Å². The number of aromatic nitrogens is 2. The molecule has 13 heteroatoms. The molecular weight excluding hydrogens is 456 g/mol. The fourth-order valence-corrected chi connectivity index (χ4v) is 5.28. The van der Waals surface area contributed by atoms with E-state index in [0.29, 0.717) is 74.1 Å². The summed E-state index contributed by atoms with van der Waals surface area (Å²) in [5, 5.41) is 2.51. The zero-order chi connectivity index (χ0) is 22.7. The lowest BCUT2D eigenvalue weighted by Crippen LogP contribution is -2.48. The summed E-state index contributed by atoms with van der Waals surface area (Å²) in [6.45, 7) is 5.63. The summed E-state index contributed by atoms with van der Waals surface area (Å²) in [5.41, 5.74) is 6.81. The van der Waals surface area contributed by atoms with Crippen molar-refractivity contribution in [2.75, 3.05) is 64.1 Å². The van der Waals surface area contributed by atoms with Crippen LogP contribution < -0.4 is 10.6 Å². The Labute approximate surface area is 192 Å². The Bertz CT molecular complexity index is 996. The first kappa shape index (κ1) is 22.6. The van der Waals surface area contributed by atoms with Crippen molar-refractivity contribution in [3.05, 3.63) is 16.1 Å². The van der Waals surface area contributed by atoms with Crippen LogP contribution >= 0.6 is 22.7 Å². The van der Waals surface area contributed by atoms with Gasteiger partial charge in [-0.15, -0.1) is 11.3 Å². The predicted molar refractivity (Wildman–Crippen MR) is 119 cm³/mol. The van der Waals surface area contributed by atoms with E-state index in [4.69, 9.17) is 15.2 Å². The highest BCUT2D eigenvalue weighted by Gasteiger charge is 2.27. The number of morpholine rings is 2. The highest BCUT2D eigenvalue weighted by Crippen LogP contribution is 2.35. The van der Waals surface area contributed by atoms with Crippen molar-refractivity contribution >= 4 is 45.7 Å². The summed E-state index contributed by atoms with van der Waals surface area (Å²) in [5.74, 6) is -0.338. The van der Waals surface area contributed by atoms with Crippen molar-refractivity contribution in [2.45, 2.75) is 6.92 Å². The second kappa shape index (κ2) is 9.90. The van der Waals surface area contributed by atoms with E-state index >= 15 is 0 Å². The summed E-state index contributed by atoms with van der Waals surface area (Å²) in [4.78, 5) is 51.6. The molecule has 2 aliphatic heterocycles. The van der Waals surface area contributed by atoms with E-state index in [9.17, 15) is 14.4 Å². The zero-order valence-corrected chi connectivity index (χ0v) is 19.2. The highest BCUT2D eigenvalue weighted by atomic mass is 32.1. The molecular formula is C19H24N6O5S2. The van der Waals surface area contributed by atoms with Gasteiger partial charge in [-0.25, -0.2) is 14.8 Å². The predicted octanol–water partition coefficient (Wildman–Crippen LogP) is 0.791. The lowest BCUT2D eigenvalue weighted by Gasteiger charge is -2.28. The van der Waals surface area contributed by atoms with Gasteiger partial charge in [-0.2, -0.15) is 0 Å². The Morgan fingerprint density at radius 2 is 1.69 bits per heavy atom.